The van der Waals surface area contributed by atoms with Gasteiger partial charge in [0.1, 0.15) is 5.75 Å². The van der Waals surface area contributed by atoms with Gasteiger partial charge in [-0.2, -0.15) is 0 Å². The third kappa shape index (κ3) is 4.88. The molecule has 0 heterocycles. The zero-order chi connectivity index (χ0) is 15.3. The predicted octanol–water partition coefficient (Wildman–Crippen LogP) is 2.89. The van der Waals surface area contributed by atoms with Crippen molar-refractivity contribution in [1.29, 1.82) is 0 Å². The number of hydrogen-bond donors (Lipinski definition) is 1. The van der Waals surface area contributed by atoms with Crippen LogP contribution in [0.5, 0.6) is 0 Å². The van der Waals surface area contributed by atoms with Crippen molar-refractivity contribution in [3.63, 3.8) is 0 Å². The maximum Gasteiger partial charge on any atom is 0.239 e. The van der Waals surface area contributed by atoms with Crippen LogP contribution in [0.15, 0.2) is 54.6 Å². The number of anilines is 1. The molecule has 0 aliphatic heterocycles. The van der Waals surface area contributed by atoms with Gasteiger partial charge in [0, 0.05) is 10.7 Å². The second-order valence-corrected chi connectivity index (χ2v) is 7.01. The van der Waals surface area contributed by atoms with Crippen molar-refractivity contribution in [2.24, 2.45) is 0 Å². The number of para-hydroxylation sites is 1. The minimum absolute atomic E-state index is 0.255. The van der Waals surface area contributed by atoms with E-state index >= 15 is 0 Å². The van der Waals surface area contributed by atoms with Crippen molar-refractivity contribution in [1.82, 2.24) is 0 Å². The zero-order valence-corrected chi connectivity index (χ0v) is 12.7. The molecule has 110 valence electrons. The number of carbonyl (C=O) groups excluding carboxylic acids is 1. The number of sulfone groups is 1. The topological polar surface area (TPSA) is 63.2 Å². The van der Waals surface area contributed by atoms with Crippen molar-refractivity contribution in [3.05, 3.63) is 65.2 Å². The smallest absolute Gasteiger partial charge is 0.239 e. The Bertz CT molecular complexity index is 730. The van der Waals surface area contributed by atoms with Crippen molar-refractivity contribution in [2.45, 2.75) is 5.75 Å². The summed E-state index contributed by atoms with van der Waals surface area (Å²) in [7, 11) is -3.57. The number of rotatable bonds is 5. The van der Waals surface area contributed by atoms with Crippen LogP contribution in [-0.2, 0) is 20.4 Å². The van der Waals surface area contributed by atoms with E-state index in [1.165, 1.54) is 0 Å². The van der Waals surface area contributed by atoms with Gasteiger partial charge in [-0.1, -0.05) is 48.0 Å². The van der Waals surface area contributed by atoms with Gasteiger partial charge in [0.25, 0.3) is 0 Å². The maximum atomic E-state index is 12.0. The lowest BCUT2D eigenvalue weighted by Gasteiger charge is -2.07. The average molecular weight is 324 g/mol. The van der Waals surface area contributed by atoms with E-state index in [-0.39, 0.29) is 5.75 Å². The van der Waals surface area contributed by atoms with Gasteiger partial charge >= 0.3 is 0 Å². The summed E-state index contributed by atoms with van der Waals surface area (Å²) >= 11 is 5.93. The fourth-order valence-corrected chi connectivity index (χ4v) is 3.40. The number of hydrogen-bond acceptors (Lipinski definition) is 3. The molecule has 0 aliphatic rings. The van der Waals surface area contributed by atoms with E-state index in [9.17, 15) is 13.2 Å². The molecule has 0 spiro atoms. The lowest BCUT2D eigenvalue weighted by Crippen LogP contribution is -2.24. The Labute approximate surface area is 128 Å². The highest BCUT2D eigenvalue weighted by atomic mass is 35.5. The largest absolute Gasteiger partial charge is 0.325 e. The third-order valence-corrected chi connectivity index (χ3v) is 4.56. The minimum Gasteiger partial charge on any atom is -0.325 e. The molecule has 0 unspecified atom stereocenters. The minimum atomic E-state index is -3.57. The Morgan fingerprint density at radius 3 is 2.29 bits per heavy atom. The van der Waals surface area contributed by atoms with Gasteiger partial charge in [-0.15, -0.1) is 0 Å². The molecule has 0 fully saturated rings. The summed E-state index contributed by atoms with van der Waals surface area (Å²) in [5.41, 5.74) is 1.06. The number of nitrogens with one attached hydrogen (secondary N) is 1. The van der Waals surface area contributed by atoms with Crippen molar-refractivity contribution >= 4 is 33.0 Å². The molecule has 6 heteroatoms. The fourth-order valence-electron chi connectivity index (χ4n) is 1.82. The van der Waals surface area contributed by atoms with Crippen molar-refractivity contribution in [2.75, 3.05) is 11.1 Å². The van der Waals surface area contributed by atoms with Crippen LogP contribution in [0.2, 0.25) is 5.02 Å². The van der Waals surface area contributed by atoms with Crippen molar-refractivity contribution in [3.8, 4) is 0 Å². The summed E-state index contributed by atoms with van der Waals surface area (Å²) in [5.74, 6) is -1.39. The molecule has 0 atom stereocenters. The summed E-state index contributed by atoms with van der Waals surface area (Å²) in [6, 6.07) is 15.4. The van der Waals surface area contributed by atoms with Gasteiger partial charge in [0.05, 0.1) is 5.75 Å². The highest BCUT2D eigenvalue weighted by Crippen LogP contribution is 2.18. The lowest BCUT2D eigenvalue weighted by molar-refractivity contribution is -0.113. The molecule has 0 saturated heterocycles. The second kappa shape index (κ2) is 6.74. The molecular formula is C15H14ClNO3S. The Morgan fingerprint density at radius 1 is 1.00 bits per heavy atom. The summed E-state index contributed by atoms with van der Waals surface area (Å²) in [5, 5.41) is 2.93. The summed E-state index contributed by atoms with van der Waals surface area (Å²) in [6.07, 6.45) is 0. The second-order valence-electron chi connectivity index (χ2n) is 4.54. The van der Waals surface area contributed by atoms with Gasteiger partial charge in [-0.05, 0) is 23.8 Å². The molecule has 1 amide bonds. The van der Waals surface area contributed by atoms with Crippen molar-refractivity contribution < 1.29 is 13.2 Å². The summed E-state index contributed by atoms with van der Waals surface area (Å²) in [4.78, 5) is 11.8. The molecule has 2 aromatic rings. The molecule has 0 aliphatic carbocycles. The Balaban J connectivity index is 2.01. The summed E-state index contributed by atoms with van der Waals surface area (Å²) in [6.45, 7) is 0. The Morgan fingerprint density at radius 2 is 1.62 bits per heavy atom. The number of halogens is 1. The van der Waals surface area contributed by atoms with Crippen LogP contribution in [0.1, 0.15) is 5.56 Å². The van der Waals surface area contributed by atoms with Gasteiger partial charge in [0.2, 0.25) is 5.91 Å². The summed E-state index contributed by atoms with van der Waals surface area (Å²) < 4.78 is 24.1. The normalized spacial score (nSPS) is 11.1. The van der Waals surface area contributed by atoms with E-state index in [1.807, 2.05) is 6.07 Å². The van der Waals surface area contributed by atoms with Gasteiger partial charge in [-0.3, -0.25) is 4.79 Å². The molecule has 2 aromatic carbocycles. The van der Waals surface area contributed by atoms with E-state index in [0.717, 1.165) is 0 Å². The molecule has 4 nitrogen and oxygen atoms in total. The Hall–Kier alpha value is -1.85. The highest BCUT2D eigenvalue weighted by molar-refractivity contribution is 7.91. The van der Waals surface area contributed by atoms with Crippen LogP contribution in [0.4, 0.5) is 5.69 Å². The molecule has 2 rings (SSSR count). The van der Waals surface area contributed by atoms with Crippen LogP contribution in [0.25, 0.3) is 0 Å². The third-order valence-electron chi connectivity index (χ3n) is 2.74. The quantitative estimate of drug-likeness (QED) is 0.920. The predicted molar refractivity (Wildman–Crippen MR) is 84.0 cm³/mol. The number of carbonyl (C=O) groups is 1. The van der Waals surface area contributed by atoms with Crippen LogP contribution in [0.3, 0.4) is 0 Å². The molecule has 1 N–H and O–H groups in total. The molecule has 0 saturated carbocycles. The standard InChI is InChI=1S/C15H14ClNO3S/c16-14-9-5-4-6-12(14)10-21(19,20)11-15(18)17-13-7-2-1-3-8-13/h1-9H,10-11H2,(H,17,18). The van der Waals surface area contributed by atoms with Crippen LogP contribution in [-0.4, -0.2) is 20.1 Å². The number of benzene rings is 2. The van der Waals surface area contributed by atoms with Crippen LogP contribution in [0, 0.1) is 0 Å². The Kier molecular flexibility index (Phi) is 4.98. The first kappa shape index (κ1) is 15.5. The molecule has 0 radical (unpaired) electrons. The van der Waals surface area contributed by atoms with Gasteiger partial charge in [-0.25, -0.2) is 8.42 Å². The number of amides is 1. The first-order valence-corrected chi connectivity index (χ1v) is 8.45. The van der Waals surface area contributed by atoms with E-state index in [0.29, 0.717) is 16.3 Å². The molecule has 0 bridgehead atoms. The monoisotopic (exact) mass is 323 g/mol. The van der Waals surface area contributed by atoms with Crippen LogP contribution < -0.4 is 5.32 Å². The SMILES string of the molecule is O=C(CS(=O)(=O)Cc1ccccc1Cl)Nc1ccccc1. The van der Waals surface area contributed by atoms with E-state index < -0.39 is 21.5 Å². The van der Waals surface area contributed by atoms with E-state index in [2.05, 4.69) is 5.32 Å². The van der Waals surface area contributed by atoms with Crippen LogP contribution >= 0.6 is 11.6 Å². The molecule has 0 aromatic heterocycles. The lowest BCUT2D eigenvalue weighted by atomic mass is 10.2. The van der Waals surface area contributed by atoms with E-state index in [1.54, 1.807) is 48.5 Å². The van der Waals surface area contributed by atoms with Gasteiger partial charge in [0.15, 0.2) is 9.84 Å². The molecule has 21 heavy (non-hydrogen) atoms. The van der Waals surface area contributed by atoms with E-state index in [4.69, 9.17) is 11.6 Å². The van der Waals surface area contributed by atoms with Gasteiger partial charge < -0.3 is 5.32 Å². The first-order valence-electron chi connectivity index (χ1n) is 6.25. The zero-order valence-electron chi connectivity index (χ0n) is 11.1. The molecular weight excluding hydrogens is 310 g/mol. The maximum absolute atomic E-state index is 12.0. The highest BCUT2D eigenvalue weighted by Gasteiger charge is 2.18. The first-order chi connectivity index (χ1) is 9.96. The average Bonchev–Trinajstić information content (AvgIpc) is 2.41. The fraction of sp³-hybridized carbons (Fsp3) is 0.133.